The van der Waals surface area contributed by atoms with Gasteiger partial charge in [-0.2, -0.15) is 0 Å². The Morgan fingerprint density at radius 1 is 1.21 bits per heavy atom. The number of nitrogens with one attached hydrogen (secondary N) is 1. The fourth-order valence-corrected chi connectivity index (χ4v) is 2.30. The third kappa shape index (κ3) is 2.15. The fourth-order valence-electron chi connectivity index (χ4n) is 2.30. The molecule has 0 fully saturated rings. The van der Waals surface area contributed by atoms with Crippen LogP contribution in [0.4, 0.5) is 5.82 Å². The highest BCUT2D eigenvalue weighted by atomic mass is 16.2. The number of carbonyl (C=O) groups is 1. The van der Waals surface area contributed by atoms with Gasteiger partial charge in [-0.1, -0.05) is 24.3 Å². The van der Waals surface area contributed by atoms with E-state index >= 15 is 0 Å². The van der Waals surface area contributed by atoms with E-state index in [4.69, 9.17) is 5.84 Å². The summed E-state index contributed by atoms with van der Waals surface area (Å²) < 4.78 is 0. The van der Waals surface area contributed by atoms with E-state index in [-0.39, 0.29) is 5.91 Å². The summed E-state index contributed by atoms with van der Waals surface area (Å²) in [6, 6.07) is 11.5. The van der Waals surface area contributed by atoms with Gasteiger partial charge in [0.05, 0.1) is 0 Å². The van der Waals surface area contributed by atoms with E-state index in [9.17, 15) is 4.79 Å². The van der Waals surface area contributed by atoms with E-state index in [2.05, 4.69) is 22.5 Å². The molecule has 0 unspecified atom stereocenters. The molecule has 0 spiro atoms. The topological polar surface area (TPSA) is 71.2 Å². The summed E-state index contributed by atoms with van der Waals surface area (Å²) in [5.74, 6) is 5.79. The van der Waals surface area contributed by atoms with Crippen LogP contribution in [0.2, 0.25) is 0 Å². The molecule has 0 atom stereocenters. The minimum atomic E-state index is -0.00454. The van der Waals surface area contributed by atoms with Crippen molar-refractivity contribution in [1.29, 1.82) is 0 Å². The summed E-state index contributed by atoms with van der Waals surface area (Å²) >= 11 is 0. The Morgan fingerprint density at radius 2 is 1.89 bits per heavy atom. The largest absolute Gasteiger partial charge is 0.330 e. The number of nitrogens with zero attached hydrogens (tertiary/aromatic N) is 2. The second kappa shape index (κ2) is 4.70. The number of anilines is 1. The molecule has 0 radical (unpaired) electrons. The highest BCUT2D eigenvalue weighted by Gasteiger charge is 2.23. The number of hydrazine groups is 1. The first-order valence-corrected chi connectivity index (χ1v) is 6.06. The van der Waals surface area contributed by atoms with Crippen LogP contribution >= 0.6 is 0 Å². The van der Waals surface area contributed by atoms with E-state index in [0.29, 0.717) is 24.5 Å². The van der Waals surface area contributed by atoms with Gasteiger partial charge in [0.1, 0.15) is 5.82 Å². The molecule has 19 heavy (non-hydrogen) atoms. The van der Waals surface area contributed by atoms with Crippen LogP contribution in [0.5, 0.6) is 0 Å². The number of fused-ring (bicyclic) bond motifs is 1. The average molecular weight is 254 g/mol. The molecule has 0 aliphatic carbocycles. The Bertz CT molecular complexity index is 601. The zero-order valence-corrected chi connectivity index (χ0v) is 10.3. The first kappa shape index (κ1) is 11.7. The maximum Gasteiger partial charge on any atom is 0.254 e. The van der Waals surface area contributed by atoms with Gasteiger partial charge in [-0.3, -0.25) is 4.79 Å². The summed E-state index contributed by atoms with van der Waals surface area (Å²) in [6.07, 6.45) is 1.58. The van der Waals surface area contributed by atoms with Crippen molar-refractivity contribution in [3.63, 3.8) is 0 Å². The predicted octanol–water partition coefficient (Wildman–Crippen LogP) is 1.52. The first-order valence-electron chi connectivity index (χ1n) is 6.06. The Labute approximate surface area is 111 Å². The lowest BCUT2D eigenvalue weighted by molar-refractivity contribution is 0.0751. The lowest BCUT2D eigenvalue weighted by Crippen LogP contribution is -2.25. The lowest BCUT2D eigenvalue weighted by atomic mass is 10.1. The molecule has 1 aliphatic heterocycles. The third-order valence-corrected chi connectivity index (χ3v) is 3.28. The molecule has 0 bridgehead atoms. The molecule has 2 heterocycles. The van der Waals surface area contributed by atoms with Crippen LogP contribution in [0, 0.1) is 0 Å². The van der Waals surface area contributed by atoms with Crippen LogP contribution in [0.25, 0.3) is 0 Å². The zero-order valence-electron chi connectivity index (χ0n) is 10.3. The van der Waals surface area contributed by atoms with Gasteiger partial charge >= 0.3 is 0 Å². The van der Waals surface area contributed by atoms with Crippen molar-refractivity contribution in [2.45, 2.75) is 13.1 Å². The first-order chi connectivity index (χ1) is 9.28. The summed E-state index contributed by atoms with van der Waals surface area (Å²) in [6.45, 7) is 1.31. The number of pyridine rings is 1. The van der Waals surface area contributed by atoms with Crippen molar-refractivity contribution >= 4 is 11.7 Å². The minimum Gasteiger partial charge on any atom is -0.330 e. The van der Waals surface area contributed by atoms with Gasteiger partial charge in [0.2, 0.25) is 0 Å². The van der Waals surface area contributed by atoms with Crippen LogP contribution < -0.4 is 11.3 Å². The van der Waals surface area contributed by atoms with Crippen molar-refractivity contribution in [1.82, 2.24) is 9.88 Å². The van der Waals surface area contributed by atoms with Crippen molar-refractivity contribution in [2.24, 2.45) is 5.84 Å². The highest BCUT2D eigenvalue weighted by Crippen LogP contribution is 2.24. The molecule has 5 heteroatoms. The van der Waals surface area contributed by atoms with Gasteiger partial charge in [0.15, 0.2) is 0 Å². The highest BCUT2D eigenvalue weighted by molar-refractivity contribution is 5.95. The van der Waals surface area contributed by atoms with Crippen molar-refractivity contribution in [2.75, 3.05) is 5.43 Å². The maximum atomic E-state index is 12.4. The lowest BCUT2D eigenvalue weighted by Gasteiger charge is -2.15. The van der Waals surface area contributed by atoms with Crippen molar-refractivity contribution in [3.8, 4) is 0 Å². The molecule has 96 valence electrons. The molecular formula is C14H14N4O. The van der Waals surface area contributed by atoms with Crippen LogP contribution in [-0.2, 0) is 13.1 Å². The second-order valence-electron chi connectivity index (χ2n) is 4.50. The molecule has 5 nitrogen and oxygen atoms in total. The van der Waals surface area contributed by atoms with Crippen LogP contribution in [0.15, 0.2) is 42.6 Å². The smallest absolute Gasteiger partial charge is 0.254 e. The Morgan fingerprint density at radius 3 is 2.53 bits per heavy atom. The third-order valence-electron chi connectivity index (χ3n) is 3.28. The summed E-state index contributed by atoms with van der Waals surface area (Å²) in [4.78, 5) is 18.2. The Kier molecular flexibility index (Phi) is 2.89. The normalized spacial score (nSPS) is 13.2. The number of benzene rings is 1. The maximum absolute atomic E-state index is 12.4. The van der Waals surface area contributed by atoms with Crippen molar-refractivity contribution < 1.29 is 4.79 Å². The standard InChI is InChI=1S/C14H14N4O/c15-17-13-7-10(5-6-16-13)14(19)18-8-11-3-1-2-4-12(11)9-18/h1-7H,8-9,15H2,(H,16,17). The fraction of sp³-hybridized carbons (Fsp3) is 0.143. The molecule has 1 amide bonds. The molecular weight excluding hydrogens is 240 g/mol. The molecule has 0 saturated carbocycles. The van der Waals surface area contributed by atoms with E-state index in [1.807, 2.05) is 17.0 Å². The monoisotopic (exact) mass is 254 g/mol. The molecule has 2 aromatic rings. The summed E-state index contributed by atoms with van der Waals surface area (Å²) in [7, 11) is 0. The number of carbonyl (C=O) groups excluding carboxylic acids is 1. The van der Waals surface area contributed by atoms with Gasteiger partial charge in [0, 0.05) is 24.8 Å². The van der Waals surface area contributed by atoms with E-state index in [0.717, 1.165) is 0 Å². The molecule has 1 aromatic heterocycles. The van der Waals surface area contributed by atoms with Gasteiger partial charge in [-0.25, -0.2) is 10.8 Å². The SMILES string of the molecule is NNc1cc(C(=O)N2Cc3ccccc3C2)ccn1. The van der Waals surface area contributed by atoms with E-state index < -0.39 is 0 Å². The average Bonchev–Trinajstić information content (AvgIpc) is 2.90. The quantitative estimate of drug-likeness (QED) is 0.629. The van der Waals surface area contributed by atoms with Crippen LogP contribution in [0.1, 0.15) is 21.5 Å². The molecule has 1 aliphatic rings. The second-order valence-corrected chi connectivity index (χ2v) is 4.50. The number of amides is 1. The molecule has 1 aromatic carbocycles. The van der Waals surface area contributed by atoms with Crippen LogP contribution in [-0.4, -0.2) is 15.8 Å². The van der Waals surface area contributed by atoms with E-state index in [1.165, 1.54) is 11.1 Å². The minimum absolute atomic E-state index is 0.00454. The van der Waals surface area contributed by atoms with Gasteiger partial charge < -0.3 is 10.3 Å². The number of nitrogen functional groups attached to an aromatic ring is 1. The zero-order chi connectivity index (χ0) is 13.2. The van der Waals surface area contributed by atoms with E-state index in [1.54, 1.807) is 18.3 Å². The summed E-state index contributed by atoms with van der Waals surface area (Å²) in [5, 5.41) is 0. The Hall–Kier alpha value is -2.40. The van der Waals surface area contributed by atoms with Gasteiger partial charge in [-0.15, -0.1) is 0 Å². The predicted molar refractivity (Wildman–Crippen MR) is 72.1 cm³/mol. The summed E-state index contributed by atoms with van der Waals surface area (Å²) in [5.41, 5.74) is 5.46. The molecule has 0 saturated heterocycles. The molecule has 3 N–H and O–H groups in total. The number of hydrogen-bond acceptors (Lipinski definition) is 4. The van der Waals surface area contributed by atoms with Crippen LogP contribution in [0.3, 0.4) is 0 Å². The van der Waals surface area contributed by atoms with Gasteiger partial charge in [0.25, 0.3) is 5.91 Å². The number of aromatic nitrogens is 1. The number of nitrogens with two attached hydrogens (primary N) is 1. The number of hydrogen-bond donors (Lipinski definition) is 2. The number of rotatable bonds is 2. The van der Waals surface area contributed by atoms with Gasteiger partial charge in [-0.05, 0) is 23.3 Å². The molecule has 3 rings (SSSR count). The van der Waals surface area contributed by atoms with Crippen molar-refractivity contribution in [3.05, 3.63) is 59.3 Å². The Balaban J connectivity index is 1.83.